The van der Waals surface area contributed by atoms with Crippen molar-refractivity contribution in [1.82, 2.24) is 14.4 Å². The number of rotatable bonds is 3. The molecule has 5 aromatic rings. The summed E-state index contributed by atoms with van der Waals surface area (Å²) < 4.78 is 25.7. The number of hydrogen-bond acceptors (Lipinski definition) is 4. The van der Waals surface area contributed by atoms with Gasteiger partial charge in [-0.3, -0.25) is 4.40 Å². The van der Waals surface area contributed by atoms with Gasteiger partial charge in [0.2, 0.25) is 5.78 Å². The molecule has 6 heteroatoms. The third kappa shape index (κ3) is 3.06. The average molecular weight is 414 g/mol. The van der Waals surface area contributed by atoms with Crippen molar-refractivity contribution in [2.75, 3.05) is 6.26 Å². The first-order chi connectivity index (χ1) is 14.4. The van der Waals surface area contributed by atoms with Crippen LogP contribution in [0.5, 0.6) is 0 Å². The van der Waals surface area contributed by atoms with Crippen molar-refractivity contribution in [3.8, 4) is 22.5 Å². The summed E-state index contributed by atoms with van der Waals surface area (Å²) in [5.41, 5.74) is 6.71. The lowest BCUT2D eigenvalue weighted by Gasteiger charge is -2.12. The summed E-state index contributed by atoms with van der Waals surface area (Å²) in [6, 6.07) is 25.1. The summed E-state index contributed by atoms with van der Waals surface area (Å²) >= 11 is 0. The van der Waals surface area contributed by atoms with Gasteiger partial charge in [-0.1, -0.05) is 48.5 Å². The third-order valence-electron chi connectivity index (χ3n) is 5.28. The van der Waals surface area contributed by atoms with Crippen LogP contribution >= 0.6 is 0 Å². The maximum atomic E-state index is 11.8. The van der Waals surface area contributed by atoms with Gasteiger partial charge in [-0.25, -0.2) is 18.4 Å². The van der Waals surface area contributed by atoms with Crippen molar-refractivity contribution in [2.45, 2.75) is 11.8 Å². The van der Waals surface area contributed by atoms with E-state index in [9.17, 15) is 8.42 Å². The first-order valence-corrected chi connectivity index (χ1v) is 11.5. The second-order valence-electron chi connectivity index (χ2n) is 7.37. The molecule has 0 aliphatic carbocycles. The Kier molecular flexibility index (Phi) is 4.18. The molecule has 0 saturated heterocycles. The number of aryl methyl sites for hydroxylation is 1. The summed E-state index contributed by atoms with van der Waals surface area (Å²) in [5, 5.41) is 0. The van der Waals surface area contributed by atoms with E-state index in [1.54, 1.807) is 24.3 Å². The van der Waals surface area contributed by atoms with Crippen LogP contribution in [0.2, 0.25) is 0 Å². The standard InChI is InChI=1S/C24H19N3O2S/c1-16-7-3-4-8-19(16)23-15-21(17-11-13-18(14-12-17)30(2,28)29)26-24-25-20-9-5-6-10-22(20)27(23)24/h3-15H,1-2H3. The van der Waals surface area contributed by atoms with Crippen LogP contribution in [0.25, 0.3) is 39.3 Å². The molecule has 0 unspecified atom stereocenters. The smallest absolute Gasteiger partial charge is 0.235 e. The maximum absolute atomic E-state index is 11.8. The number of benzene rings is 3. The van der Waals surface area contributed by atoms with E-state index in [0.717, 1.165) is 39.1 Å². The molecule has 148 valence electrons. The molecule has 0 aliphatic rings. The van der Waals surface area contributed by atoms with Crippen LogP contribution in [-0.4, -0.2) is 29.0 Å². The van der Waals surface area contributed by atoms with Crippen LogP contribution in [0, 0.1) is 6.92 Å². The van der Waals surface area contributed by atoms with Crippen LogP contribution in [0.1, 0.15) is 5.56 Å². The zero-order chi connectivity index (χ0) is 20.9. The Morgan fingerprint density at radius 3 is 2.27 bits per heavy atom. The topological polar surface area (TPSA) is 64.3 Å². The summed E-state index contributed by atoms with van der Waals surface area (Å²) in [6.07, 6.45) is 1.21. The second-order valence-corrected chi connectivity index (χ2v) is 9.39. The monoisotopic (exact) mass is 413 g/mol. The largest absolute Gasteiger partial charge is 0.276 e. The van der Waals surface area contributed by atoms with Gasteiger partial charge in [-0.15, -0.1) is 0 Å². The molecule has 2 aromatic heterocycles. The molecule has 0 N–H and O–H groups in total. The Balaban J connectivity index is 1.81. The van der Waals surface area contributed by atoms with Crippen LogP contribution < -0.4 is 0 Å². The summed E-state index contributed by atoms with van der Waals surface area (Å²) in [4.78, 5) is 9.81. The predicted octanol–water partition coefficient (Wildman–Crippen LogP) is 4.93. The Morgan fingerprint density at radius 1 is 0.833 bits per heavy atom. The van der Waals surface area contributed by atoms with E-state index in [1.165, 1.54) is 6.26 Å². The van der Waals surface area contributed by atoms with Gasteiger partial charge in [-0.05, 0) is 42.8 Å². The predicted molar refractivity (Wildman–Crippen MR) is 119 cm³/mol. The molecule has 0 spiro atoms. The lowest BCUT2D eigenvalue weighted by molar-refractivity contribution is 0.602. The minimum Gasteiger partial charge on any atom is -0.276 e. The van der Waals surface area contributed by atoms with Crippen molar-refractivity contribution in [2.24, 2.45) is 0 Å². The van der Waals surface area contributed by atoms with E-state index in [-0.39, 0.29) is 4.90 Å². The first-order valence-electron chi connectivity index (χ1n) is 9.56. The SMILES string of the molecule is Cc1ccccc1-c1cc(-c2ccc(S(C)(=O)=O)cc2)nc2nc3ccccc3n12. The van der Waals surface area contributed by atoms with E-state index < -0.39 is 9.84 Å². The maximum Gasteiger partial charge on any atom is 0.235 e. The fraction of sp³-hybridized carbons (Fsp3) is 0.0833. The van der Waals surface area contributed by atoms with Gasteiger partial charge in [0.15, 0.2) is 9.84 Å². The van der Waals surface area contributed by atoms with E-state index in [4.69, 9.17) is 9.97 Å². The minimum absolute atomic E-state index is 0.290. The molecule has 0 radical (unpaired) electrons. The van der Waals surface area contributed by atoms with E-state index in [0.29, 0.717) is 5.78 Å². The number of sulfone groups is 1. The summed E-state index contributed by atoms with van der Waals surface area (Å²) in [6.45, 7) is 2.08. The van der Waals surface area contributed by atoms with E-state index >= 15 is 0 Å². The van der Waals surface area contributed by atoms with Crippen LogP contribution in [-0.2, 0) is 9.84 Å². The first kappa shape index (κ1) is 18.5. The number of imidazole rings is 1. The minimum atomic E-state index is -3.25. The Bertz CT molecular complexity index is 1520. The highest BCUT2D eigenvalue weighted by Crippen LogP contribution is 2.31. The molecule has 5 rings (SSSR count). The van der Waals surface area contributed by atoms with Crippen molar-refractivity contribution >= 4 is 26.6 Å². The van der Waals surface area contributed by atoms with Crippen molar-refractivity contribution < 1.29 is 8.42 Å². The number of nitrogens with zero attached hydrogens (tertiary/aromatic N) is 3. The second kappa shape index (κ2) is 6.78. The van der Waals surface area contributed by atoms with Crippen LogP contribution in [0.4, 0.5) is 0 Å². The molecule has 0 amide bonds. The molecular weight excluding hydrogens is 394 g/mol. The molecule has 3 aromatic carbocycles. The molecule has 0 saturated carbocycles. The zero-order valence-corrected chi connectivity index (χ0v) is 17.4. The third-order valence-corrected chi connectivity index (χ3v) is 6.41. The van der Waals surface area contributed by atoms with Crippen molar-refractivity contribution in [3.63, 3.8) is 0 Å². The number of hydrogen-bond donors (Lipinski definition) is 0. The summed E-state index contributed by atoms with van der Waals surface area (Å²) in [5.74, 6) is 0.610. The van der Waals surface area contributed by atoms with Gasteiger partial charge in [0.05, 0.1) is 27.3 Å². The molecule has 5 nitrogen and oxygen atoms in total. The summed E-state index contributed by atoms with van der Waals surface area (Å²) in [7, 11) is -3.25. The highest BCUT2D eigenvalue weighted by atomic mass is 32.2. The van der Waals surface area contributed by atoms with Crippen LogP contribution in [0.15, 0.2) is 83.8 Å². The Morgan fingerprint density at radius 2 is 1.53 bits per heavy atom. The lowest BCUT2D eigenvalue weighted by atomic mass is 10.0. The quantitative estimate of drug-likeness (QED) is 0.421. The molecule has 30 heavy (non-hydrogen) atoms. The van der Waals surface area contributed by atoms with Gasteiger partial charge in [0.1, 0.15) is 0 Å². The normalized spacial score (nSPS) is 11.9. The average Bonchev–Trinajstić information content (AvgIpc) is 3.11. The van der Waals surface area contributed by atoms with Gasteiger partial charge in [-0.2, -0.15) is 0 Å². The highest BCUT2D eigenvalue weighted by Gasteiger charge is 2.15. The van der Waals surface area contributed by atoms with Gasteiger partial charge >= 0.3 is 0 Å². The molecular formula is C24H19N3O2S. The van der Waals surface area contributed by atoms with Crippen molar-refractivity contribution in [3.05, 3.63) is 84.4 Å². The fourth-order valence-electron chi connectivity index (χ4n) is 3.74. The fourth-order valence-corrected chi connectivity index (χ4v) is 4.37. The highest BCUT2D eigenvalue weighted by molar-refractivity contribution is 7.90. The number of fused-ring (bicyclic) bond motifs is 3. The van der Waals surface area contributed by atoms with E-state index in [1.807, 2.05) is 42.5 Å². The van der Waals surface area contributed by atoms with E-state index in [2.05, 4.69) is 23.5 Å². The molecule has 0 bridgehead atoms. The molecule has 0 aliphatic heterocycles. The van der Waals surface area contributed by atoms with Gasteiger partial charge < -0.3 is 0 Å². The number of aromatic nitrogens is 3. The van der Waals surface area contributed by atoms with Crippen molar-refractivity contribution in [1.29, 1.82) is 0 Å². The molecule has 0 atom stereocenters. The lowest BCUT2D eigenvalue weighted by Crippen LogP contribution is -1.99. The molecule has 0 fully saturated rings. The number of para-hydroxylation sites is 2. The van der Waals surface area contributed by atoms with Gasteiger partial charge in [0, 0.05) is 17.4 Å². The zero-order valence-electron chi connectivity index (χ0n) is 16.6. The van der Waals surface area contributed by atoms with Crippen LogP contribution in [0.3, 0.4) is 0 Å². The molecule has 2 heterocycles. The van der Waals surface area contributed by atoms with Gasteiger partial charge in [0.25, 0.3) is 0 Å². The Hall–Kier alpha value is -3.51. The Labute approximate surface area is 174 Å².